The second-order valence-electron chi connectivity index (χ2n) is 9.31. The summed E-state index contributed by atoms with van der Waals surface area (Å²) in [5.41, 5.74) is 3.89. The van der Waals surface area contributed by atoms with Crippen LogP contribution in [0.3, 0.4) is 0 Å². The van der Waals surface area contributed by atoms with Crippen LogP contribution in [0.25, 0.3) is 10.2 Å². The van der Waals surface area contributed by atoms with Crippen molar-refractivity contribution in [2.45, 2.75) is 18.2 Å². The number of benzene rings is 3. The van der Waals surface area contributed by atoms with E-state index in [0.29, 0.717) is 47.5 Å². The molecule has 7 nitrogen and oxygen atoms in total. The van der Waals surface area contributed by atoms with Crippen LogP contribution < -0.4 is 9.21 Å². The number of carbonyl (C=O) groups is 1. The number of aromatic nitrogens is 1. The molecule has 5 rings (SSSR count). The van der Waals surface area contributed by atoms with Crippen LogP contribution in [0.1, 0.15) is 21.5 Å². The Morgan fingerprint density at radius 3 is 2.50 bits per heavy atom. The molecule has 4 aromatic rings. The molecule has 11 heteroatoms. The van der Waals surface area contributed by atoms with Gasteiger partial charge < -0.3 is 4.90 Å². The highest BCUT2D eigenvalue weighted by molar-refractivity contribution is 7.92. The molecule has 1 aliphatic rings. The van der Waals surface area contributed by atoms with Gasteiger partial charge in [-0.25, -0.2) is 13.4 Å². The number of thiazole rings is 1. The Morgan fingerprint density at radius 2 is 1.79 bits per heavy atom. The average molecular weight is 592 g/mol. The number of fused-ring (bicyclic) bond motifs is 2. The van der Waals surface area contributed by atoms with E-state index < -0.39 is 10.0 Å². The summed E-state index contributed by atoms with van der Waals surface area (Å²) in [6.45, 7) is 3.43. The molecule has 1 aliphatic heterocycles. The van der Waals surface area contributed by atoms with Gasteiger partial charge >= 0.3 is 0 Å². The second kappa shape index (κ2) is 11.2. The highest BCUT2D eigenvalue weighted by atomic mass is 35.5. The number of likely N-dealkylation sites (N-methyl/N-ethyl adjacent to an activating group) is 1. The zero-order chi connectivity index (χ0) is 26.3. The Kier molecular flexibility index (Phi) is 8.34. The molecule has 0 saturated carbocycles. The molecule has 38 heavy (non-hydrogen) atoms. The van der Waals surface area contributed by atoms with Crippen LogP contribution in [0, 0.1) is 6.92 Å². The maximum absolute atomic E-state index is 13.7. The largest absolute Gasteiger partial charge is 0.308 e. The van der Waals surface area contributed by atoms with Gasteiger partial charge in [0.25, 0.3) is 15.9 Å². The first-order valence-corrected chi connectivity index (χ1v) is 14.5. The maximum atomic E-state index is 13.7. The maximum Gasteiger partial charge on any atom is 0.264 e. The minimum Gasteiger partial charge on any atom is -0.308 e. The number of anilines is 2. The normalized spacial score (nSPS) is 13.0. The molecule has 0 spiro atoms. The first-order valence-electron chi connectivity index (χ1n) is 11.9. The van der Waals surface area contributed by atoms with Gasteiger partial charge in [0.05, 0.1) is 20.8 Å². The van der Waals surface area contributed by atoms with Gasteiger partial charge in [-0.1, -0.05) is 41.1 Å². The van der Waals surface area contributed by atoms with E-state index in [-0.39, 0.29) is 23.2 Å². The lowest BCUT2D eigenvalue weighted by Crippen LogP contribution is -2.36. The first kappa shape index (κ1) is 28.3. The van der Waals surface area contributed by atoms with Crippen molar-refractivity contribution in [1.29, 1.82) is 0 Å². The van der Waals surface area contributed by atoms with Crippen molar-refractivity contribution >= 4 is 72.3 Å². The lowest BCUT2D eigenvalue weighted by Gasteiger charge is -2.22. The molecule has 0 atom stereocenters. The van der Waals surface area contributed by atoms with E-state index in [1.54, 1.807) is 17.0 Å². The van der Waals surface area contributed by atoms with Crippen LogP contribution in [-0.4, -0.2) is 57.9 Å². The SMILES string of the molecule is Cc1cc(Cl)cc2sc(N(CCN(C)C)C(=O)c3ccc(S(=O)(=O)N4CCc5ccccc54)cc3)nc12.Cl. The molecule has 0 radical (unpaired) electrons. The Morgan fingerprint density at radius 1 is 1.08 bits per heavy atom. The summed E-state index contributed by atoms with van der Waals surface area (Å²) in [6, 6.07) is 17.4. The molecule has 0 saturated heterocycles. The standard InChI is InChI=1S/C27H27ClN4O3S2.ClH/c1-18-16-21(28)17-24-25(18)29-27(36-24)31(15-14-30(2)3)26(33)20-8-10-22(11-9-20)37(34,35)32-13-12-19-6-4-5-7-23(19)32;/h4-11,16-17H,12-15H2,1-3H3;1H. The van der Waals surface area contributed by atoms with Crippen LogP contribution in [-0.2, 0) is 16.4 Å². The zero-order valence-electron chi connectivity index (χ0n) is 21.2. The summed E-state index contributed by atoms with van der Waals surface area (Å²) in [5, 5.41) is 1.21. The molecule has 0 fully saturated rings. The molecule has 1 amide bonds. The number of hydrogen-bond donors (Lipinski definition) is 0. The van der Waals surface area contributed by atoms with Gasteiger partial charge in [-0.15, -0.1) is 12.4 Å². The number of amides is 1. The smallest absolute Gasteiger partial charge is 0.264 e. The molecule has 0 aliphatic carbocycles. The number of carbonyl (C=O) groups excluding carboxylic acids is 1. The van der Waals surface area contributed by atoms with Crippen LogP contribution in [0.15, 0.2) is 65.6 Å². The minimum atomic E-state index is -3.74. The Labute approximate surface area is 238 Å². The highest BCUT2D eigenvalue weighted by Gasteiger charge is 2.31. The third-order valence-electron chi connectivity index (χ3n) is 6.42. The Hall–Kier alpha value is -2.69. The highest BCUT2D eigenvalue weighted by Crippen LogP contribution is 2.35. The van der Waals surface area contributed by atoms with Gasteiger partial charge in [-0.3, -0.25) is 14.0 Å². The average Bonchev–Trinajstić information content (AvgIpc) is 3.49. The molecule has 2 heterocycles. The van der Waals surface area contributed by atoms with Crippen LogP contribution in [0.2, 0.25) is 5.02 Å². The fourth-order valence-electron chi connectivity index (χ4n) is 4.45. The molecule has 0 bridgehead atoms. The van der Waals surface area contributed by atoms with Crippen LogP contribution >= 0.6 is 35.3 Å². The van der Waals surface area contributed by atoms with E-state index >= 15 is 0 Å². The van der Waals surface area contributed by atoms with E-state index in [0.717, 1.165) is 21.3 Å². The summed E-state index contributed by atoms with van der Waals surface area (Å²) >= 11 is 7.65. The van der Waals surface area contributed by atoms with Crippen molar-refractivity contribution in [3.05, 3.63) is 82.4 Å². The fourth-order valence-corrected chi connectivity index (χ4v) is 7.40. The van der Waals surface area contributed by atoms with Gasteiger partial charge in [0.15, 0.2) is 5.13 Å². The van der Waals surface area contributed by atoms with Crippen molar-refractivity contribution in [3.63, 3.8) is 0 Å². The van der Waals surface area contributed by atoms with Crippen molar-refractivity contribution in [1.82, 2.24) is 9.88 Å². The minimum absolute atomic E-state index is 0. The summed E-state index contributed by atoms with van der Waals surface area (Å²) in [5.74, 6) is -0.236. The van der Waals surface area contributed by atoms with Crippen molar-refractivity contribution in [2.24, 2.45) is 0 Å². The third kappa shape index (κ3) is 5.39. The third-order valence-corrected chi connectivity index (χ3v) is 9.49. The van der Waals surface area contributed by atoms with Crippen LogP contribution in [0.4, 0.5) is 10.8 Å². The van der Waals surface area contributed by atoms with E-state index in [1.807, 2.05) is 62.3 Å². The molecule has 1 aromatic heterocycles. The van der Waals surface area contributed by atoms with E-state index in [2.05, 4.69) is 0 Å². The summed E-state index contributed by atoms with van der Waals surface area (Å²) in [4.78, 5) is 22.2. The monoisotopic (exact) mass is 590 g/mol. The number of halogens is 2. The van der Waals surface area contributed by atoms with Gasteiger partial charge in [0, 0.05) is 30.2 Å². The number of hydrogen-bond acceptors (Lipinski definition) is 6. The number of aryl methyl sites for hydroxylation is 1. The Bertz CT molecular complexity index is 1590. The quantitative estimate of drug-likeness (QED) is 0.278. The van der Waals surface area contributed by atoms with Crippen molar-refractivity contribution in [2.75, 3.05) is 42.9 Å². The lowest BCUT2D eigenvalue weighted by atomic mass is 10.2. The molecular weight excluding hydrogens is 563 g/mol. The van der Waals surface area contributed by atoms with E-state index in [9.17, 15) is 13.2 Å². The summed E-state index contributed by atoms with van der Waals surface area (Å²) in [6.07, 6.45) is 0.680. The van der Waals surface area contributed by atoms with E-state index in [1.165, 1.54) is 27.8 Å². The predicted octanol–water partition coefficient (Wildman–Crippen LogP) is 5.64. The van der Waals surface area contributed by atoms with Gasteiger partial charge in [0.1, 0.15) is 0 Å². The predicted molar refractivity (Wildman–Crippen MR) is 158 cm³/mol. The van der Waals surface area contributed by atoms with Gasteiger partial charge in [0.2, 0.25) is 0 Å². The summed E-state index contributed by atoms with van der Waals surface area (Å²) in [7, 11) is 0.155. The fraction of sp³-hybridized carbons (Fsp3) is 0.259. The molecule has 0 N–H and O–H groups in total. The number of para-hydroxylation sites is 1. The molecule has 0 unspecified atom stereocenters. The second-order valence-corrected chi connectivity index (χ2v) is 12.6. The zero-order valence-corrected chi connectivity index (χ0v) is 24.4. The molecule has 200 valence electrons. The van der Waals surface area contributed by atoms with Crippen molar-refractivity contribution in [3.8, 4) is 0 Å². The number of rotatable bonds is 7. The number of nitrogens with zero attached hydrogens (tertiary/aromatic N) is 4. The van der Waals surface area contributed by atoms with E-state index in [4.69, 9.17) is 16.6 Å². The van der Waals surface area contributed by atoms with Crippen LogP contribution in [0.5, 0.6) is 0 Å². The number of sulfonamides is 1. The topological polar surface area (TPSA) is 73.8 Å². The van der Waals surface area contributed by atoms with Crippen molar-refractivity contribution < 1.29 is 13.2 Å². The molecule has 3 aromatic carbocycles. The van der Waals surface area contributed by atoms with Gasteiger partial charge in [-0.2, -0.15) is 0 Å². The van der Waals surface area contributed by atoms with Gasteiger partial charge in [-0.05, 0) is 81.0 Å². The summed E-state index contributed by atoms with van der Waals surface area (Å²) < 4.78 is 29.1. The first-order chi connectivity index (χ1) is 17.6. The Balaban J connectivity index is 0.00000336. The molecular formula is C27H28Cl2N4O3S2. The lowest BCUT2D eigenvalue weighted by molar-refractivity contribution is 0.0985.